The van der Waals surface area contributed by atoms with Crippen molar-refractivity contribution in [2.24, 2.45) is 0 Å². The van der Waals surface area contributed by atoms with Crippen molar-refractivity contribution in [1.29, 1.82) is 0 Å². The molecule has 0 radical (unpaired) electrons. The Morgan fingerprint density at radius 2 is 1.35 bits per heavy atom. The molecule has 0 saturated carbocycles. The lowest BCUT2D eigenvalue weighted by Crippen LogP contribution is -2.54. The first-order valence-electron chi connectivity index (χ1n) is 15.5. The van der Waals surface area contributed by atoms with Crippen LogP contribution in [0, 0.1) is 0 Å². The van der Waals surface area contributed by atoms with Crippen LogP contribution in [-0.2, 0) is 25.7 Å². The molecule has 1 heterocycles. The average molecular weight is 523 g/mol. The van der Waals surface area contributed by atoms with E-state index in [1.807, 2.05) is 0 Å². The van der Waals surface area contributed by atoms with Gasteiger partial charge in [0.2, 0.25) is 0 Å². The standard InChI is InChI=1S/C34H54N2S/c1-7-11-17-28-23-34(31(20-14-10-4)30(19-13-9-3)29(28)18-12-8-2)37-33-22-16-15-21-32(33)36-25-26(5)35-24-27(36)6/h15-16,21-23,26-27,35H,7-14,17-20,24-25H2,1-6H3. The van der Waals surface area contributed by atoms with E-state index in [-0.39, 0.29) is 0 Å². The minimum absolute atomic E-state index is 0.508. The summed E-state index contributed by atoms with van der Waals surface area (Å²) in [6.07, 6.45) is 15.2. The first kappa shape index (κ1) is 30.1. The van der Waals surface area contributed by atoms with Crippen LogP contribution in [0.5, 0.6) is 0 Å². The monoisotopic (exact) mass is 522 g/mol. The topological polar surface area (TPSA) is 15.3 Å². The first-order chi connectivity index (χ1) is 18.0. The highest BCUT2D eigenvalue weighted by Gasteiger charge is 2.25. The highest BCUT2D eigenvalue weighted by molar-refractivity contribution is 7.99. The molecular weight excluding hydrogens is 468 g/mol. The molecule has 1 N–H and O–H groups in total. The van der Waals surface area contributed by atoms with Gasteiger partial charge in [-0.1, -0.05) is 77.3 Å². The van der Waals surface area contributed by atoms with E-state index in [1.54, 1.807) is 22.3 Å². The summed E-state index contributed by atoms with van der Waals surface area (Å²) in [6.45, 7) is 16.2. The number of anilines is 1. The maximum Gasteiger partial charge on any atom is 0.0511 e. The Morgan fingerprint density at radius 3 is 2.03 bits per heavy atom. The fourth-order valence-corrected chi connectivity index (χ4v) is 6.97. The molecule has 0 aliphatic carbocycles. The van der Waals surface area contributed by atoms with E-state index in [0.717, 1.165) is 13.1 Å². The molecule has 0 aromatic heterocycles. The molecule has 2 aromatic carbocycles. The van der Waals surface area contributed by atoms with Crippen LogP contribution in [0.4, 0.5) is 5.69 Å². The summed E-state index contributed by atoms with van der Waals surface area (Å²) in [7, 11) is 0. The van der Waals surface area contributed by atoms with Gasteiger partial charge in [0.05, 0.1) is 5.69 Å². The number of nitrogens with zero attached hydrogens (tertiary/aromatic N) is 1. The fraction of sp³-hybridized carbons (Fsp3) is 0.647. The van der Waals surface area contributed by atoms with Gasteiger partial charge in [0.15, 0.2) is 0 Å². The minimum atomic E-state index is 0.508. The molecule has 1 aliphatic rings. The van der Waals surface area contributed by atoms with E-state index in [2.05, 4.69) is 93.9 Å². The van der Waals surface area contributed by atoms with Gasteiger partial charge < -0.3 is 10.2 Å². The second kappa shape index (κ2) is 15.8. The number of para-hydroxylation sites is 1. The van der Waals surface area contributed by atoms with Crippen LogP contribution in [0.15, 0.2) is 40.1 Å². The Labute approximate surface area is 233 Å². The Bertz CT molecular complexity index is 953. The fourth-order valence-electron chi connectivity index (χ4n) is 5.74. The predicted octanol–water partition coefficient (Wildman–Crippen LogP) is 9.39. The Balaban J connectivity index is 2.11. The molecule has 1 saturated heterocycles. The number of benzene rings is 2. The maximum absolute atomic E-state index is 3.66. The molecule has 3 heteroatoms. The molecule has 0 spiro atoms. The number of aryl methyl sites for hydroxylation is 1. The van der Waals surface area contributed by atoms with E-state index in [4.69, 9.17) is 0 Å². The number of hydrogen-bond donors (Lipinski definition) is 1. The van der Waals surface area contributed by atoms with Gasteiger partial charge in [0.25, 0.3) is 0 Å². The van der Waals surface area contributed by atoms with Crippen LogP contribution in [0.1, 0.15) is 115 Å². The van der Waals surface area contributed by atoms with Crippen LogP contribution < -0.4 is 10.2 Å². The lowest BCUT2D eigenvalue weighted by molar-refractivity contribution is 0.423. The molecule has 37 heavy (non-hydrogen) atoms. The van der Waals surface area contributed by atoms with Gasteiger partial charge in [-0.25, -0.2) is 0 Å². The van der Waals surface area contributed by atoms with Crippen molar-refractivity contribution in [2.45, 2.75) is 140 Å². The third-order valence-corrected chi connectivity index (χ3v) is 9.17. The number of nitrogens with one attached hydrogen (secondary N) is 1. The molecule has 0 amide bonds. The minimum Gasteiger partial charge on any atom is -0.365 e. The first-order valence-corrected chi connectivity index (χ1v) is 16.3. The van der Waals surface area contributed by atoms with E-state index in [9.17, 15) is 0 Å². The van der Waals surface area contributed by atoms with Crippen LogP contribution in [-0.4, -0.2) is 25.2 Å². The molecule has 206 valence electrons. The molecule has 2 nitrogen and oxygen atoms in total. The van der Waals surface area contributed by atoms with Crippen molar-refractivity contribution in [2.75, 3.05) is 18.0 Å². The molecule has 1 aliphatic heterocycles. The van der Waals surface area contributed by atoms with Crippen LogP contribution in [0.3, 0.4) is 0 Å². The van der Waals surface area contributed by atoms with Gasteiger partial charge >= 0.3 is 0 Å². The van der Waals surface area contributed by atoms with Gasteiger partial charge in [-0.05, 0) is 106 Å². The zero-order valence-electron chi connectivity index (χ0n) is 24.8. The van der Waals surface area contributed by atoms with Gasteiger partial charge in [-0.3, -0.25) is 0 Å². The van der Waals surface area contributed by atoms with Crippen LogP contribution in [0.2, 0.25) is 0 Å². The molecule has 2 atom stereocenters. The lowest BCUT2D eigenvalue weighted by atomic mass is 9.86. The van der Waals surface area contributed by atoms with Crippen molar-refractivity contribution in [3.63, 3.8) is 0 Å². The Morgan fingerprint density at radius 1 is 0.757 bits per heavy atom. The number of piperazine rings is 1. The second-order valence-electron chi connectivity index (χ2n) is 11.3. The van der Waals surface area contributed by atoms with E-state index in [0.29, 0.717) is 12.1 Å². The summed E-state index contributed by atoms with van der Waals surface area (Å²) < 4.78 is 0. The van der Waals surface area contributed by atoms with Crippen LogP contribution >= 0.6 is 11.8 Å². The average Bonchev–Trinajstić information content (AvgIpc) is 2.91. The second-order valence-corrected chi connectivity index (χ2v) is 12.3. The SMILES string of the molecule is CCCCc1cc(Sc2ccccc2N2CC(C)NCC2C)c(CCCC)c(CCCC)c1CCCC. The van der Waals surface area contributed by atoms with Crippen molar-refractivity contribution < 1.29 is 0 Å². The largest absolute Gasteiger partial charge is 0.365 e. The zero-order valence-corrected chi connectivity index (χ0v) is 25.6. The molecule has 2 aromatic rings. The molecule has 3 rings (SSSR count). The highest BCUT2D eigenvalue weighted by atomic mass is 32.2. The number of hydrogen-bond acceptors (Lipinski definition) is 3. The summed E-state index contributed by atoms with van der Waals surface area (Å²) >= 11 is 2.05. The van der Waals surface area contributed by atoms with Gasteiger partial charge in [0, 0.05) is 35.0 Å². The maximum atomic E-state index is 3.66. The summed E-state index contributed by atoms with van der Waals surface area (Å²) in [6, 6.07) is 12.8. The Kier molecular flexibility index (Phi) is 12.9. The highest BCUT2D eigenvalue weighted by Crippen LogP contribution is 2.42. The van der Waals surface area contributed by atoms with Crippen molar-refractivity contribution in [3.05, 3.63) is 52.6 Å². The van der Waals surface area contributed by atoms with E-state index < -0.39 is 0 Å². The predicted molar refractivity (Wildman–Crippen MR) is 166 cm³/mol. The number of unbranched alkanes of at least 4 members (excludes halogenated alkanes) is 4. The van der Waals surface area contributed by atoms with Crippen molar-refractivity contribution in [1.82, 2.24) is 5.32 Å². The molecule has 2 unspecified atom stereocenters. The molecule has 0 bridgehead atoms. The summed E-state index contributed by atoms with van der Waals surface area (Å²) in [4.78, 5) is 5.60. The Hall–Kier alpha value is -1.45. The van der Waals surface area contributed by atoms with Gasteiger partial charge in [-0.15, -0.1) is 0 Å². The van der Waals surface area contributed by atoms with E-state index >= 15 is 0 Å². The lowest BCUT2D eigenvalue weighted by Gasteiger charge is -2.40. The smallest absolute Gasteiger partial charge is 0.0511 e. The van der Waals surface area contributed by atoms with Gasteiger partial charge in [-0.2, -0.15) is 0 Å². The van der Waals surface area contributed by atoms with Gasteiger partial charge in [0.1, 0.15) is 0 Å². The van der Waals surface area contributed by atoms with Crippen molar-refractivity contribution in [3.8, 4) is 0 Å². The van der Waals surface area contributed by atoms with Crippen molar-refractivity contribution >= 4 is 17.4 Å². The van der Waals surface area contributed by atoms with E-state index in [1.165, 1.54) is 92.5 Å². The number of rotatable bonds is 15. The summed E-state index contributed by atoms with van der Waals surface area (Å²) in [5.74, 6) is 0. The third-order valence-electron chi connectivity index (χ3n) is 8.02. The molecule has 1 fully saturated rings. The normalized spacial score (nSPS) is 17.9. The quantitative estimate of drug-likeness (QED) is 0.251. The third kappa shape index (κ3) is 8.27. The molecular formula is C34H54N2S. The summed E-state index contributed by atoms with van der Waals surface area (Å²) in [5.41, 5.74) is 8.17. The van der Waals surface area contributed by atoms with Crippen LogP contribution in [0.25, 0.3) is 0 Å². The zero-order chi connectivity index (χ0) is 26.6. The summed E-state index contributed by atoms with van der Waals surface area (Å²) in [5, 5.41) is 3.66.